The standard InChI is InChI=1S/C17H20N4O3/c1-16(2,3)19-13(22)10-21-14(23)17(4,20-15(21)24)12-7-5-11(9-18)6-8-12/h5-8H,10H2,1-4H3,(H,19,22)(H,20,24). The minimum absolute atomic E-state index is 0.339. The van der Waals surface area contributed by atoms with E-state index in [1.807, 2.05) is 26.8 Å². The Morgan fingerprint density at radius 2 is 1.88 bits per heavy atom. The lowest BCUT2D eigenvalue weighted by atomic mass is 9.91. The molecule has 1 aromatic rings. The molecule has 2 rings (SSSR count). The summed E-state index contributed by atoms with van der Waals surface area (Å²) in [5, 5.41) is 14.2. The summed E-state index contributed by atoms with van der Waals surface area (Å²) in [5.41, 5.74) is -0.695. The Balaban J connectivity index is 2.21. The van der Waals surface area contributed by atoms with Gasteiger partial charge in [0.15, 0.2) is 0 Å². The predicted molar refractivity (Wildman–Crippen MR) is 86.6 cm³/mol. The molecule has 0 radical (unpaired) electrons. The van der Waals surface area contributed by atoms with Crippen LogP contribution in [-0.4, -0.2) is 34.8 Å². The molecule has 0 aliphatic carbocycles. The highest BCUT2D eigenvalue weighted by atomic mass is 16.2. The smallest absolute Gasteiger partial charge is 0.325 e. The van der Waals surface area contributed by atoms with Crippen LogP contribution in [0.5, 0.6) is 0 Å². The quantitative estimate of drug-likeness (QED) is 0.815. The van der Waals surface area contributed by atoms with Crippen molar-refractivity contribution in [1.29, 1.82) is 5.26 Å². The third-order valence-corrected chi connectivity index (χ3v) is 3.68. The van der Waals surface area contributed by atoms with E-state index in [4.69, 9.17) is 5.26 Å². The van der Waals surface area contributed by atoms with Gasteiger partial charge in [-0.05, 0) is 45.4 Å². The molecule has 1 unspecified atom stereocenters. The zero-order valence-electron chi connectivity index (χ0n) is 14.1. The molecule has 126 valence electrons. The average molecular weight is 328 g/mol. The Labute approximate surface area is 140 Å². The van der Waals surface area contributed by atoms with Crippen LogP contribution >= 0.6 is 0 Å². The molecule has 0 bridgehead atoms. The molecular weight excluding hydrogens is 308 g/mol. The van der Waals surface area contributed by atoms with Crippen LogP contribution in [0.15, 0.2) is 24.3 Å². The van der Waals surface area contributed by atoms with Crippen LogP contribution in [0.1, 0.15) is 38.8 Å². The van der Waals surface area contributed by atoms with Crippen LogP contribution in [0.2, 0.25) is 0 Å². The van der Waals surface area contributed by atoms with Gasteiger partial charge in [0.1, 0.15) is 12.1 Å². The van der Waals surface area contributed by atoms with E-state index in [9.17, 15) is 14.4 Å². The van der Waals surface area contributed by atoms with Gasteiger partial charge in [-0.15, -0.1) is 0 Å². The Kier molecular flexibility index (Phi) is 4.34. The zero-order chi connectivity index (χ0) is 18.1. The van der Waals surface area contributed by atoms with Crippen LogP contribution in [0.25, 0.3) is 0 Å². The van der Waals surface area contributed by atoms with Gasteiger partial charge in [-0.3, -0.25) is 14.5 Å². The lowest BCUT2D eigenvalue weighted by molar-refractivity contribution is -0.135. The number of hydrogen-bond acceptors (Lipinski definition) is 4. The highest BCUT2D eigenvalue weighted by Crippen LogP contribution is 2.28. The predicted octanol–water partition coefficient (Wildman–Crippen LogP) is 1.24. The fourth-order valence-electron chi connectivity index (χ4n) is 2.52. The molecule has 1 aliphatic rings. The number of amides is 4. The molecule has 0 aromatic heterocycles. The summed E-state index contributed by atoms with van der Waals surface area (Å²) in [6.45, 7) is 6.69. The van der Waals surface area contributed by atoms with E-state index in [0.717, 1.165) is 4.90 Å². The highest BCUT2D eigenvalue weighted by Gasteiger charge is 2.49. The number of nitriles is 1. The van der Waals surface area contributed by atoms with Gasteiger partial charge in [0.2, 0.25) is 5.91 Å². The third kappa shape index (κ3) is 3.38. The second-order valence-corrected chi connectivity index (χ2v) is 6.93. The van der Waals surface area contributed by atoms with Crippen molar-refractivity contribution < 1.29 is 14.4 Å². The van der Waals surface area contributed by atoms with Crippen molar-refractivity contribution in [2.75, 3.05) is 6.54 Å². The van der Waals surface area contributed by atoms with Crippen molar-refractivity contribution in [2.24, 2.45) is 0 Å². The Bertz CT molecular complexity index is 728. The number of nitrogens with zero attached hydrogens (tertiary/aromatic N) is 2. The van der Waals surface area contributed by atoms with Crippen LogP contribution in [0, 0.1) is 11.3 Å². The molecule has 1 atom stereocenters. The number of carbonyl (C=O) groups is 3. The molecule has 1 aliphatic heterocycles. The summed E-state index contributed by atoms with van der Waals surface area (Å²) >= 11 is 0. The van der Waals surface area contributed by atoms with E-state index < -0.39 is 28.9 Å². The van der Waals surface area contributed by atoms with E-state index >= 15 is 0 Å². The van der Waals surface area contributed by atoms with Crippen LogP contribution in [0.4, 0.5) is 4.79 Å². The number of imide groups is 1. The summed E-state index contributed by atoms with van der Waals surface area (Å²) < 4.78 is 0. The first-order chi connectivity index (χ1) is 11.1. The van der Waals surface area contributed by atoms with Gasteiger partial charge in [-0.2, -0.15) is 5.26 Å². The van der Waals surface area contributed by atoms with Crippen LogP contribution < -0.4 is 10.6 Å². The summed E-state index contributed by atoms with van der Waals surface area (Å²) in [4.78, 5) is 37.8. The lowest BCUT2D eigenvalue weighted by Crippen LogP contribution is -2.48. The topological polar surface area (TPSA) is 102 Å². The maximum atomic E-state index is 12.7. The monoisotopic (exact) mass is 328 g/mol. The summed E-state index contributed by atoms with van der Waals surface area (Å²) in [5.74, 6) is -0.906. The van der Waals surface area contributed by atoms with Gasteiger partial charge >= 0.3 is 6.03 Å². The van der Waals surface area contributed by atoms with Gasteiger partial charge in [0.05, 0.1) is 11.6 Å². The fourth-order valence-corrected chi connectivity index (χ4v) is 2.52. The average Bonchev–Trinajstić information content (AvgIpc) is 2.70. The van der Waals surface area contributed by atoms with Gasteiger partial charge in [-0.1, -0.05) is 12.1 Å². The summed E-state index contributed by atoms with van der Waals surface area (Å²) in [7, 11) is 0. The molecular formula is C17H20N4O3. The minimum Gasteiger partial charge on any atom is -0.350 e. The van der Waals surface area contributed by atoms with Crippen LogP contribution in [0.3, 0.4) is 0 Å². The summed E-state index contributed by atoms with van der Waals surface area (Å²) in [6.07, 6.45) is 0. The molecule has 0 saturated carbocycles. The highest BCUT2D eigenvalue weighted by molar-refractivity contribution is 6.09. The van der Waals surface area contributed by atoms with Gasteiger partial charge in [0.25, 0.3) is 5.91 Å². The molecule has 7 heteroatoms. The number of urea groups is 1. The van der Waals surface area contributed by atoms with Crippen molar-refractivity contribution in [3.63, 3.8) is 0 Å². The van der Waals surface area contributed by atoms with E-state index in [2.05, 4.69) is 10.6 Å². The fraction of sp³-hybridized carbons (Fsp3) is 0.412. The van der Waals surface area contributed by atoms with Gasteiger partial charge < -0.3 is 10.6 Å². The van der Waals surface area contributed by atoms with E-state index in [0.29, 0.717) is 11.1 Å². The van der Waals surface area contributed by atoms with Crippen molar-refractivity contribution in [3.8, 4) is 6.07 Å². The molecule has 1 fully saturated rings. The number of benzene rings is 1. The van der Waals surface area contributed by atoms with Gasteiger partial charge in [0, 0.05) is 5.54 Å². The van der Waals surface area contributed by atoms with E-state index in [-0.39, 0.29) is 6.54 Å². The first-order valence-electron chi connectivity index (χ1n) is 7.52. The number of nitrogens with one attached hydrogen (secondary N) is 2. The molecule has 1 heterocycles. The second kappa shape index (κ2) is 5.96. The molecule has 1 aromatic carbocycles. The second-order valence-electron chi connectivity index (χ2n) is 6.93. The first-order valence-corrected chi connectivity index (χ1v) is 7.52. The molecule has 2 N–H and O–H groups in total. The normalized spacial score (nSPS) is 20.5. The molecule has 7 nitrogen and oxygen atoms in total. The maximum absolute atomic E-state index is 12.7. The van der Waals surface area contributed by atoms with Crippen molar-refractivity contribution in [3.05, 3.63) is 35.4 Å². The number of carbonyl (C=O) groups excluding carboxylic acids is 3. The summed E-state index contributed by atoms with van der Waals surface area (Å²) in [6, 6.07) is 7.78. The molecule has 1 saturated heterocycles. The van der Waals surface area contributed by atoms with Crippen molar-refractivity contribution >= 4 is 17.8 Å². The first kappa shape index (κ1) is 17.5. The largest absolute Gasteiger partial charge is 0.350 e. The van der Waals surface area contributed by atoms with E-state index in [1.54, 1.807) is 31.2 Å². The molecule has 24 heavy (non-hydrogen) atoms. The Morgan fingerprint density at radius 1 is 1.29 bits per heavy atom. The SMILES string of the molecule is CC(C)(C)NC(=O)CN1C(=O)NC(C)(c2ccc(C#N)cc2)C1=O. The van der Waals surface area contributed by atoms with E-state index in [1.165, 1.54) is 0 Å². The Morgan fingerprint density at radius 3 is 2.38 bits per heavy atom. The van der Waals surface area contributed by atoms with Gasteiger partial charge in [-0.25, -0.2) is 4.79 Å². The third-order valence-electron chi connectivity index (χ3n) is 3.68. The van der Waals surface area contributed by atoms with Crippen molar-refractivity contribution in [2.45, 2.75) is 38.8 Å². The number of rotatable bonds is 3. The van der Waals surface area contributed by atoms with Crippen LogP contribution in [-0.2, 0) is 15.1 Å². The Hall–Kier alpha value is -2.88. The molecule has 0 spiro atoms. The van der Waals surface area contributed by atoms with Crippen molar-refractivity contribution in [1.82, 2.24) is 15.5 Å². The zero-order valence-corrected chi connectivity index (χ0v) is 14.1. The lowest BCUT2D eigenvalue weighted by Gasteiger charge is -2.24. The molecule has 4 amide bonds. The minimum atomic E-state index is -1.26. The maximum Gasteiger partial charge on any atom is 0.325 e. The number of hydrogen-bond donors (Lipinski definition) is 2.